The summed E-state index contributed by atoms with van der Waals surface area (Å²) in [5.41, 5.74) is 0.0575. The molecule has 3 aromatic rings. The number of thiazole rings is 1. The van der Waals surface area contributed by atoms with Gasteiger partial charge in [-0.3, -0.25) is 0 Å². The first-order chi connectivity index (χ1) is 13.1. The highest BCUT2D eigenvalue weighted by atomic mass is 32.2. The van der Waals surface area contributed by atoms with Crippen LogP contribution in [0.4, 0.5) is 0 Å². The number of benzene rings is 1. The molecule has 0 radical (unpaired) electrons. The second-order valence-electron chi connectivity index (χ2n) is 6.80. The zero-order valence-electron chi connectivity index (χ0n) is 15.7. The normalized spacial score (nSPS) is 12.1. The first-order valence-electron chi connectivity index (χ1n) is 8.29. The molecule has 0 aliphatic rings. The number of esters is 1. The summed E-state index contributed by atoms with van der Waals surface area (Å²) in [6.07, 6.45) is 1.46. The van der Waals surface area contributed by atoms with E-state index in [4.69, 9.17) is 9.47 Å². The molecule has 0 aliphatic heterocycles. The van der Waals surface area contributed by atoms with E-state index < -0.39 is 21.6 Å². The molecular formula is C18H19N3O5S2. The Morgan fingerprint density at radius 3 is 2.54 bits per heavy atom. The molecule has 2 heterocycles. The summed E-state index contributed by atoms with van der Waals surface area (Å²) >= 11 is 1.04. The number of hydrogen-bond acceptors (Lipinski definition) is 8. The molecule has 1 N–H and O–H groups in total. The quantitative estimate of drug-likeness (QED) is 0.630. The number of hydrogen-bond donors (Lipinski definition) is 1. The summed E-state index contributed by atoms with van der Waals surface area (Å²) in [5.74, 6) is 0.339. The number of ether oxygens (including phenoxy) is 2. The van der Waals surface area contributed by atoms with Crippen LogP contribution in [0.25, 0.3) is 10.2 Å². The second kappa shape index (κ2) is 7.46. The van der Waals surface area contributed by atoms with Gasteiger partial charge in [0, 0.05) is 18.3 Å². The maximum atomic E-state index is 12.2. The van der Waals surface area contributed by atoms with Crippen LogP contribution in [-0.2, 0) is 14.8 Å². The van der Waals surface area contributed by atoms with Crippen LogP contribution < -0.4 is 9.46 Å². The van der Waals surface area contributed by atoms with Crippen molar-refractivity contribution in [3.05, 3.63) is 42.2 Å². The van der Waals surface area contributed by atoms with Gasteiger partial charge in [0.05, 0.1) is 10.2 Å². The number of carbonyl (C=O) groups excluding carboxylic acids is 1. The fourth-order valence-electron chi connectivity index (χ4n) is 2.20. The monoisotopic (exact) mass is 421 g/mol. The Balaban J connectivity index is 1.85. The molecule has 0 spiro atoms. The van der Waals surface area contributed by atoms with E-state index >= 15 is 0 Å². The van der Waals surface area contributed by atoms with E-state index in [2.05, 4.69) is 14.7 Å². The molecule has 148 valence electrons. The predicted molar refractivity (Wildman–Crippen MR) is 105 cm³/mol. The van der Waals surface area contributed by atoms with Crippen LogP contribution in [0.2, 0.25) is 0 Å². The number of rotatable bonds is 5. The van der Waals surface area contributed by atoms with Gasteiger partial charge in [0.15, 0.2) is 5.69 Å². The van der Waals surface area contributed by atoms with E-state index in [1.807, 2.05) is 0 Å². The lowest BCUT2D eigenvalue weighted by Crippen LogP contribution is -2.24. The predicted octanol–water partition coefficient (Wildman–Crippen LogP) is 3.35. The zero-order valence-corrected chi connectivity index (χ0v) is 17.3. The number of aromatic nitrogens is 2. The summed E-state index contributed by atoms with van der Waals surface area (Å²) < 4.78 is 37.8. The van der Waals surface area contributed by atoms with Crippen molar-refractivity contribution >= 4 is 37.5 Å². The second-order valence-corrected chi connectivity index (χ2v) is 9.89. The Kier molecular flexibility index (Phi) is 5.37. The topological polar surface area (TPSA) is 107 Å². The van der Waals surface area contributed by atoms with Gasteiger partial charge in [-0.25, -0.2) is 27.9 Å². The third-order valence-corrected chi connectivity index (χ3v) is 6.22. The van der Waals surface area contributed by atoms with E-state index in [9.17, 15) is 13.2 Å². The maximum absolute atomic E-state index is 12.2. The summed E-state index contributed by atoms with van der Waals surface area (Å²) in [4.78, 5) is 20.3. The van der Waals surface area contributed by atoms with Gasteiger partial charge in [-0.05, 0) is 46.0 Å². The Bertz CT molecular complexity index is 1130. The molecule has 0 saturated carbocycles. The summed E-state index contributed by atoms with van der Waals surface area (Å²) in [5, 5.41) is 0. The Morgan fingerprint density at radius 2 is 1.86 bits per heavy atom. The average molecular weight is 422 g/mol. The molecular weight excluding hydrogens is 402 g/mol. The van der Waals surface area contributed by atoms with Crippen molar-refractivity contribution in [3.8, 4) is 11.5 Å². The molecule has 0 unspecified atom stereocenters. The van der Waals surface area contributed by atoms with Gasteiger partial charge >= 0.3 is 5.97 Å². The van der Waals surface area contributed by atoms with E-state index in [-0.39, 0.29) is 10.0 Å². The largest absolute Gasteiger partial charge is 0.457 e. The zero-order chi connectivity index (χ0) is 20.5. The SMILES string of the molecule is CNS(=O)(=O)c1nc2ccc(Oc3ccnc(C(=O)OC(C)(C)C)c3)cc2s1. The molecule has 0 bridgehead atoms. The van der Waals surface area contributed by atoms with Crippen molar-refractivity contribution in [1.82, 2.24) is 14.7 Å². The Morgan fingerprint density at radius 1 is 1.14 bits per heavy atom. The summed E-state index contributed by atoms with van der Waals surface area (Å²) in [6, 6.07) is 8.13. The van der Waals surface area contributed by atoms with Gasteiger partial charge in [0.2, 0.25) is 4.34 Å². The number of pyridine rings is 1. The van der Waals surface area contributed by atoms with Crippen LogP contribution in [0, 0.1) is 0 Å². The smallest absolute Gasteiger partial charge is 0.357 e. The minimum atomic E-state index is -3.61. The molecule has 2 aromatic heterocycles. The molecule has 28 heavy (non-hydrogen) atoms. The lowest BCUT2D eigenvalue weighted by atomic mass is 10.2. The van der Waals surface area contributed by atoms with Crippen molar-refractivity contribution in [2.24, 2.45) is 0 Å². The van der Waals surface area contributed by atoms with Crippen molar-refractivity contribution in [2.45, 2.75) is 30.7 Å². The van der Waals surface area contributed by atoms with Crippen molar-refractivity contribution in [1.29, 1.82) is 0 Å². The molecule has 0 fully saturated rings. The van der Waals surface area contributed by atoms with Crippen molar-refractivity contribution < 1.29 is 22.7 Å². The molecule has 10 heteroatoms. The number of nitrogens with one attached hydrogen (secondary N) is 1. The fourth-order valence-corrected chi connectivity index (χ4v) is 4.28. The minimum Gasteiger partial charge on any atom is -0.457 e. The standard InChI is InChI=1S/C18H19N3O5S2/c1-18(2,3)26-16(22)14-9-12(7-8-20-14)25-11-5-6-13-15(10-11)27-17(21-13)28(23,24)19-4/h5-10,19H,1-4H3. The third kappa shape index (κ3) is 4.64. The van der Waals surface area contributed by atoms with Crippen LogP contribution in [0.1, 0.15) is 31.3 Å². The van der Waals surface area contributed by atoms with Crippen molar-refractivity contribution in [3.63, 3.8) is 0 Å². The van der Waals surface area contributed by atoms with E-state index in [1.165, 1.54) is 19.3 Å². The van der Waals surface area contributed by atoms with Gasteiger partial charge in [0.1, 0.15) is 17.1 Å². The van der Waals surface area contributed by atoms with Gasteiger partial charge in [-0.1, -0.05) is 0 Å². The number of carbonyl (C=O) groups is 1. The molecule has 0 aliphatic carbocycles. The first-order valence-corrected chi connectivity index (χ1v) is 10.6. The highest BCUT2D eigenvalue weighted by Gasteiger charge is 2.20. The van der Waals surface area contributed by atoms with Gasteiger partial charge in [-0.2, -0.15) is 0 Å². The van der Waals surface area contributed by atoms with Gasteiger partial charge in [0.25, 0.3) is 10.0 Å². The highest BCUT2D eigenvalue weighted by Crippen LogP contribution is 2.31. The first kappa shape index (κ1) is 20.2. The van der Waals surface area contributed by atoms with E-state index in [0.29, 0.717) is 21.7 Å². The summed E-state index contributed by atoms with van der Waals surface area (Å²) in [7, 11) is -2.27. The van der Waals surface area contributed by atoms with Crippen molar-refractivity contribution in [2.75, 3.05) is 7.05 Å². The van der Waals surface area contributed by atoms with Crippen LogP contribution >= 0.6 is 11.3 Å². The lowest BCUT2D eigenvalue weighted by molar-refractivity contribution is 0.00624. The van der Waals surface area contributed by atoms with Gasteiger partial charge in [-0.15, -0.1) is 11.3 Å². The van der Waals surface area contributed by atoms with Crippen LogP contribution in [0.15, 0.2) is 40.9 Å². The number of nitrogens with zero attached hydrogens (tertiary/aromatic N) is 2. The Labute approximate surface area is 166 Å². The minimum absolute atomic E-state index is 0.0155. The average Bonchev–Trinajstić information content (AvgIpc) is 3.05. The maximum Gasteiger partial charge on any atom is 0.357 e. The highest BCUT2D eigenvalue weighted by molar-refractivity contribution is 7.91. The van der Waals surface area contributed by atoms with E-state index in [1.54, 1.807) is 45.0 Å². The molecule has 8 nitrogen and oxygen atoms in total. The molecule has 0 saturated heterocycles. The van der Waals surface area contributed by atoms with Crippen LogP contribution in [0.5, 0.6) is 11.5 Å². The van der Waals surface area contributed by atoms with Gasteiger partial charge < -0.3 is 9.47 Å². The Hall–Kier alpha value is -2.56. The van der Waals surface area contributed by atoms with Crippen LogP contribution in [-0.4, -0.2) is 37.0 Å². The molecule has 0 atom stereocenters. The summed E-state index contributed by atoms with van der Waals surface area (Å²) in [6.45, 7) is 5.33. The molecule has 1 aromatic carbocycles. The van der Waals surface area contributed by atoms with Crippen LogP contribution in [0.3, 0.4) is 0 Å². The number of fused-ring (bicyclic) bond motifs is 1. The number of sulfonamides is 1. The third-order valence-electron chi connectivity index (χ3n) is 3.41. The fraction of sp³-hybridized carbons (Fsp3) is 0.278. The lowest BCUT2D eigenvalue weighted by Gasteiger charge is -2.19. The molecule has 3 rings (SSSR count). The molecule has 0 amide bonds. The van der Waals surface area contributed by atoms with E-state index in [0.717, 1.165) is 11.3 Å².